The Morgan fingerprint density at radius 2 is 1.94 bits per heavy atom. The van der Waals surface area contributed by atoms with Crippen LogP contribution in [-0.2, 0) is 0 Å². The molecule has 7 heteroatoms. The number of phenols is 1. The maximum atomic E-state index is 13.3. The van der Waals surface area contributed by atoms with Crippen LogP contribution in [0.5, 0.6) is 11.5 Å². The van der Waals surface area contributed by atoms with E-state index >= 15 is 0 Å². The fourth-order valence-electron chi connectivity index (χ4n) is 4.32. The Morgan fingerprint density at radius 3 is 2.73 bits per heavy atom. The topological polar surface area (TPSA) is 78.5 Å². The number of benzene rings is 2. The molecule has 4 rings (SSSR count). The number of carbonyl (C=O) groups excluding carboxylic acids is 1. The van der Waals surface area contributed by atoms with Gasteiger partial charge in [0.15, 0.2) is 0 Å². The molecular formula is C26H30ClN3O3. The Morgan fingerprint density at radius 1 is 1.12 bits per heavy atom. The number of nitrogens with zero attached hydrogens (tertiary/aromatic N) is 2. The summed E-state index contributed by atoms with van der Waals surface area (Å²) in [5.41, 5.74) is 3.21. The van der Waals surface area contributed by atoms with Gasteiger partial charge in [-0.3, -0.25) is 9.89 Å². The zero-order valence-corrected chi connectivity index (χ0v) is 19.9. The summed E-state index contributed by atoms with van der Waals surface area (Å²) in [6.07, 6.45) is 5.15. The summed E-state index contributed by atoms with van der Waals surface area (Å²) in [6, 6.07) is 12.4. The Bertz CT molecular complexity index is 1130. The minimum Gasteiger partial charge on any atom is -0.507 e. The number of aromatic hydroxyl groups is 1. The van der Waals surface area contributed by atoms with Crippen molar-refractivity contribution in [2.45, 2.75) is 52.0 Å². The molecule has 174 valence electrons. The quantitative estimate of drug-likeness (QED) is 0.340. The summed E-state index contributed by atoms with van der Waals surface area (Å²) >= 11 is 6.21. The van der Waals surface area contributed by atoms with Crippen molar-refractivity contribution in [2.75, 3.05) is 13.2 Å². The normalized spacial score (nSPS) is 15.2. The molecule has 0 spiro atoms. The molecule has 0 fully saturated rings. The number of carbonyl (C=O) groups is 1. The number of fused-ring (bicyclic) bond motifs is 1. The number of nitrogens with one attached hydrogen (secondary N) is 1. The summed E-state index contributed by atoms with van der Waals surface area (Å²) in [5.74, 6) is 0.772. The Hall–Kier alpha value is -2.99. The fraction of sp³-hybridized carbons (Fsp3) is 0.385. The minimum absolute atomic E-state index is 0.0694. The third-order valence-corrected chi connectivity index (χ3v) is 6.26. The van der Waals surface area contributed by atoms with Crippen LogP contribution in [0.15, 0.2) is 42.5 Å². The van der Waals surface area contributed by atoms with Crippen LogP contribution in [-0.4, -0.2) is 39.3 Å². The molecule has 1 unspecified atom stereocenters. The molecule has 1 aliphatic heterocycles. The van der Waals surface area contributed by atoms with E-state index in [1.807, 2.05) is 29.2 Å². The molecular weight excluding hydrogens is 438 g/mol. The van der Waals surface area contributed by atoms with E-state index in [1.165, 1.54) is 0 Å². The van der Waals surface area contributed by atoms with Crippen LogP contribution in [0.3, 0.4) is 0 Å². The Kier molecular flexibility index (Phi) is 7.23. The van der Waals surface area contributed by atoms with E-state index in [-0.39, 0.29) is 17.7 Å². The molecule has 1 atom stereocenters. The highest BCUT2D eigenvalue weighted by atomic mass is 35.5. The maximum Gasteiger partial charge on any atom is 0.273 e. The van der Waals surface area contributed by atoms with Crippen molar-refractivity contribution in [1.29, 1.82) is 0 Å². The monoisotopic (exact) mass is 467 g/mol. The zero-order chi connectivity index (χ0) is 23.4. The average Bonchev–Trinajstić information content (AvgIpc) is 3.36. The van der Waals surface area contributed by atoms with Crippen molar-refractivity contribution >= 4 is 17.5 Å². The molecule has 3 aromatic rings. The molecule has 1 amide bonds. The van der Waals surface area contributed by atoms with Crippen molar-refractivity contribution in [3.05, 3.63) is 64.3 Å². The van der Waals surface area contributed by atoms with Gasteiger partial charge in [-0.2, -0.15) is 5.10 Å². The van der Waals surface area contributed by atoms with Gasteiger partial charge >= 0.3 is 0 Å². The lowest BCUT2D eigenvalue weighted by molar-refractivity contribution is 0.0741. The van der Waals surface area contributed by atoms with Gasteiger partial charge in [-0.25, -0.2) is 0 Å². The van der Waals surface area contributed by atoms with Gasteiger partial charge in [-0.05, 0) is 48.7 Å². The number of aromatic nitrogens is 2. The summed E-state index contributed by atoms with van der Waals surface area (Å²) in [5, 5.41) is 18.4. The highest BCUT2D eigenvalue weighted by Crippen LogP contribution is 2.45. The molecule has 6 nitrogen and oxygen atoms in total. The maximum absolute atomic E-state index is 13.3. The molecule has 1 aliphatic rings. The molecule has 0 bridgehead atoms. The number of halogens is 1. The number of H-pyrrole nitrogens is 1. The van der Waals surface area contributed by atoms with Crippen LogP contribution in [0.25, 0.3) is 11.3 Å². The van der Waals surface area contributed by atoms with Crippen LogP contribution in [0.1, 0.15) is 73.6 Å². The number of hydrogen-bond acceptors (Lipinski definition) is 4. The molecule has 2 N–H and O–H groups in total. The molecule has 2 aromatic carbocycles. The van der Waals surface area contributed by atoms with E-state index in [0.29, 0.717) is 35.1 Å². The zero-order valence-electron chi connectivity index (χ0n) is 19.1. The van der Waals surface area contributed by atoms with Crippen molar-refractivity contribution in [3.63, 3.8) is 0 Å². The smallest absolute Gasteiger partial charge is 0.273 e. The molecule has 0 saturated carbocycles. The van der Waals surface area contributed by atoms with Crippen molar-refractivity contribution < 1.29 is 14.6 Å². The van der Waals surface area contributed by atoms with Crippen LogP contribution in [0, 0.1) is 0 Å². The van der Waals surface area contributed by atoms with Gasteiger partial charge in [0.05, 0.1) is 12.6 Å². The van der Waals surface area contributed by atoms with Crippen LogP contribution in [0.2, 0.25) is 5.02 Å². The molecule has 2 heterocycles. The number of hydrogen-bond donors (Lipinski definition) is 2. The lowest BCUT2D eigenvalue weighted by atomic mass is 9.95. The second kappa shape index (κ2) is 10.3. The number of unbranched alkanes of at least 4 members (excludes halogenated alkanes) is 3. The first-order valence-corrected chi connectivity index (χ1v) is 12.0. The number of ether oxygens (including phenoxy) is 1. The summed E-state index contributed by atoms with van der Waals surface area (Å²) in [6.45, 7) is 5.57. The molecule has 0 aliphatic carbocycles. The van der Waals surface area contributed by atoms with Crippen molar-refractivity contribution in [1.82, 2.24) is 15.1 Å². The largest absolute Gasteiger partial charge is 0.507 e. The Balaban J connectivity index is 1.76. The summed E-state index contributed by atoms with van der Waals surface area (Å²) < 4.78 is 5.99. The summed E-state index contributed by atoms with van der Waals surface area (Å²) in [4.78, 5) is 15.2. The number of aromatic amines is 1. The van der Waals surface area contributed by atoms with Crippen LogP contribution >= 0.6 is 11.6 Å². The van der Waals surface area contributed by atoms with Gasteiger partial charge in [-0.15, -0.1) is 0 Å². The van der Waals surface area contributed by atoms with Gasteiger partial charge in [0.2, 0.25) is 0 Å². The molecule has 0 saturated heterocycles. The number of amides is 1. The van der Waals surface area contributed by atoms with E-state index < -0.39 is 0 Å². The lowest BCUT2D eigenvalue weighted by Crippen LogP contribution is -2.30. The standard InChI is InChI=1S/C26H30ClN3O3/c1-3-5-7-14-33-19-10-8-9-17(15-19)25-22-23(20-16-18(27)11-12-21(20)31)28-29-24(22)26(32)30(25)13-6-4-2/h8-12,15-16,25,31H,3-7,13-14H2,1-2H3,(H,28,29). The van der Waals surface area contributed by atoms with Gasteiger partial charge in [0.1, 0.15) is 22.9 Å². The van der Waals surface area contributed by atoms with Crippen molar-refractivity contribution in [3.8, 4) is 22.8 Å². The SMILES string of the molecule is CCCCCOc1cccc(C2c3c(-c4cc(Cl)ccc4O)n[nH]c3C(=O)N2CCCC)c1. The summed E-state index contributed by atoms with van der Waals surface area (Å²) in [7, 11) is 0. The van der Waals surface area contributed by atoms with Gasteiger partial charge < -0.3 is 14.7 Å². The van der Waals surface area contributed by atoms with E-state index in [4.69, 9.17) is 16.3 Å². The number of rotatable bonds is 10. The first-order chi connectivity index (χ1) is 16.0. The molecule has 0 radical (unpaired) electrons. The first-order valence-electron chi connectivity index (χ1n) is 11.7. The average molecular weight is 468 g/mol. The predicted octanol–water partition coefficient (Wildman–Crippen LogP) is 6.35. The van der Waals surface area contributed by atoms with E-state index in [0.717, 1.165) is 49.0 Å². The van der Waals surface area contributed by atoms with Gasteiger partial charge in [0, 0.05) is 22.7 Å². The number of phenolic OH excluding ortho intramolecular Hbond substituents is 1. The molecule has 1 aromatic heterocycles. The predicted molar refractivity (Wildman–Crippen MR) is 130 cm³/mol. The first kappa shape index (κ1) is 23.2. The van der Waals surface area contributed by atoms with Crippen molar-refractivity contribution in [2.24, 2.45) is 0 Å². The van der Waals surface area contributed by atoms with E-state index in [9.17, 15) is 9.90 Å². The van der Waals surface area contributed by atoms with Crippen LogP contribution < -0.4 is 4.74 Å². The van der Waals surface area contributed by atoms with Gasteiger partial charge in [-0.1, -0.05) is 56.8 Å². The third kappa shape index (κ3) is 4.71. The molecule has 33 heavy (non-hydrogen) atoms. The second-order valence-electron chi connectivity index (χ2n) is 8.41. The minimum atomic E-state index is -0.328. The van der Waals surface area contributed by atoms with E-state index in [1.54, 1.807) is 18.2 Å². The van der Waals surface area contributed by atoms with E-state index in [2.05, 4.69) is 24.0 Å². The highest BCUT2D eigenvalue weighted by molar-refractivity contribution is 6.31. The lowest BCUT2D eigenvalue weighted by Gasteiger charge is -2.26. The highest BCUT2D eigenvalue weighted by Gasteiger charge is 2.42. The third-order valence-electron chi connectivity index (χ3n) is 6.02. The van der Waals surface area contributed by atoms with Gasteiger partial charge in [0.25, 0.3) is 5.91 Å². The fourth-order valence-corrected chi connectivity index (χ4v) is 4.49. The second-order valence-corrected chi connectivity index (χ2v) is 8.84. The van der Waals surface area contributed by atoms with Crippen LogP contribution in [0.4, 0.5) is 0 Å². The Labute approximate surface area is 199 Å².